The van der Waals surface area contributed by atoms with E-state index >= 15 is 0 Å². The monoisotopic (exact) mass is 287 g/mol. The van der Waals surface area contributed by atoms with Crippen LogP contribution in [0.15, 0.2) is 0 Å². The van der Waals surface area contributed by atoms with E-state index in [9.17, 15) is 14.4 Å². The first-order valence-corrected chi connectivity index (χ1v) is 6.70. The summed E-state index contributed by atoms with van der Waals surface area (Å²) < 4.78 is 0. The summed E-state index contributed by atoms with van der Waals surface area (Å²) in [4.78, 5) is 35.0. The minimum atomic E-state index is -1.41. The van der Waals surface area contributed by atoms with E-state index in [0.29, 0.717) is 6.54 Å². The van der Waals surface area contributed by atoms with E-state index in [0.717, 1.165) is 26.1 Å². The van der Waals surface area contributed by atoms with Crippen LogP contribution in [-0.2, 0) is 9.59 Å². The van der Waals surface area contributed by atoms with Gasteiger partial charge in [-0.05, 0) is 38.9 Å². The molecule has 1 rings (SSSR count). The molecule has 8 nitrogen and oxygen atoms in total. The zero-order valence-electron chi connectivity index (χ0n) is 11.3. The molecule has 0 saturated carbocycles. The van der Waals surface area contributed by atoms with Gasteiger partial charge in [0.1, 0.15) is 6.04 Å². The Labute approximate surface area is 117 Å². The average Bonchev–Trinajstić information content (AvgIpc) is 2.86. The standard InChI is InChI=1S/C12H21N3O5/c16-10(17)8-9(11(18)19)14-12(20)13-4-3-7-15-5-1-2-6-15/h9H,1-8H2,(H,16,17)(H,18,19)(H2,13,14,20)/t9-/m0/s1. The fraction of sp³-hybridized carbons (Fsp3) is 0.750. The number of hydrogen-bond acceptors (Lipinski definition) is 4. The van der Waals surface area contributed by atoms with Gasteiger partial charge < -0.3 is 25.7 Å². The summed E-state index contributed by atoms with van der Waals surface area (Å²) in [5, 5.41) is 22.0. The second-order valence-electron chi connectivity index (χ2n) is 4.79. The van der Waals surface area contributed by atoms with Gasteiger partial charge >= 0.3 is 18.0 Å². The zero-order valence-corrected chi connectivity index (χ0v) is 11.3. The highest BCUT2D eigenvalue weighted by molar-refractivity contribution is 5.86. The van der Waals surface area contributed by atoms with Gasteiger partial charge in [0.25, 0.3) is 0 Å². The maximum absolute atomic E-state index is 11.4. The van der Waals surface area contributed by atoms with Crippen molar-refractivity contribution in [3.8, 4) is 0 Å². The number of urea groups is 1. The normalized spacial score (nSPS) is 16.6. The van der Waals surface area contributed by atoms with E-state index in [2.05, 4.69) is 15.5 Å². The summed E-state index contributed by atoms with van der Waals surface area (Å²) >= 11 is 0. The van der Waals surface area contributed by atoms with Crippen molar-refractivity contribution in [3.63, 3.8) is 0 Å². The number of likely N-dealkylation sites (tertiary alicyclic amines) is 1. The fourth-order valence-corrected chi connectivity index (χ4v) is 2.09. The van der Waals surface area contributed by atoms with Crippen LogP contribution in [0.4, 0.5) is 4.79 Å². The highest BCUT2D eigenvalue weighted by Gasteiger charge is 2.22. The molecule has 1 aliphatic heterocycles. The highest BCUT2D eigenvalue weighted by atomic mass is 16.4. The fourth-order valence-electron chi connectivity index (χ4n) is 2.09. The van der Waals surface area contributed by atoms with Crippen LogP contribution in [-0.4, -0.2) is 65.3 Å². The molecule has 0 bridgehead atoms. The number of carboxylic acid groups (broad SMARTS) is 2. The van der Waals surface area contributed by atoms with Crippen LogP contribution in [0.25, 0.3) is 0 Å². The van der Waals surface area contributed by atoms with Crippen LogP contribution in [0.3, 0.4) is 0 Å². The number of amides is 2. The van der Waals surface area contributed by atoms with Crippen LogP contribution < -0.4 is 10.6 Å². The number of carboxylic acids is 2. The van der Waals surface area contributed by atoms with E-state index in [1.807, 2.05) is 0 Å². The van der Waals surface area contributed by atoms with Crippen LogP contribution in [0.5, 0.6) is 0 Å². The average molecular weight is 287 g/mol. The van der Waals surface area contributed by atoms with Crippen molar-refractivity contribution < 1.29 is 24.6 Å². The molecule has 1 saturated heterocycles. The molecule has 0 unspecified atom stereocenters. The quantitative estimate of drug-likeness (QED) is 0.455. The van der Waals surface area contributed by atoms with Crippen LogP contribution >= 0.6 is 0 Å². The molecule has 0 spiro atoms. The third kappa shape index (κ3) is 6.37. The number of aliphatic carboxylic acids is 2. The van der Waals surface area contributed by atoms with Gasteiger partial charge in [-0.3, -0.25) is 4.79 Å². The molecule has 8 heteroatoms. The lowest BCUT2D eigenvalue weighted by molar-refractivity contribution is -0.145. The summed E-state index contributed by atoms with van der Waals surface area (Å²) in [7, 11) is 0. The van der Waals surface area contributed by atoms with Crippen molar-refractivity contribution in [1.29, 1.82) is 0 Å². The SMILES string of the molecule is O=C(O)C[C@H](NC(=O)NCCCN1CCCC1)C(=O)O. The van der Waals surface area contributed by atoms with Gasteiger partial charge in [0, 0.05) is 6.54 Å². The molecule has 1 aliphatic rings. The smallest absolute Gasteiger partial charge is 0.326 e. The largest absolute Gasteiger partial charge is 0.481 e. The molecule has 0 aromatic rings. The maximum Gasteiger partial charge on any atom is 0.326 e. The summed E-state index contributed by atoms with van der Waals surface area (Å²) in [6.07, 6.45) is 2.56. The Morgan fingerprint density at radius 3 is 2.35 bits per heavy atom. The Hall–Kier alpha value is -1.83. The molecule has 0 aliphatic carbocycles. The number of carbonyl (C=O) groups excluding carboxylic acids is 1. The summed E-state index contributed by atoms with van der Waals surface area (Å²) in [6, 6.07) is -2.06. The number of rotatable bonds is 8. The number of nitrogens with zero attached hydrogens (tertiary/aromatic N) is 1. The molecule has 1 heterocycles. The number of hydrogen-bond donors (Lipinski definition) is 4. The van der Waals surface area contributed by atoms with Crippen molar-refractivity contribution in [1.82, 2.24) is 15.5 Å². The Balaban J connectivity index is 2.17. The Morgan fingerprint density at radius 2 is 1.80 bits per heavy atom. The molecule has 1 fully saturated rings. The van der Waals surface area contributed by atoms with Gasteiger partial charge in [-0.15, -0.1) is 0 Å². The van der Waals surface area contributed by atoms with Gasteiger partial charge in [0.05, 0.1) is 6.42 Å². The van der Waals surface area contributed by atoms with Gasteiger partial charge in [0.15, 0.2) is 0 Å². The first-order chi connectivity index (χ1) is 9.49. The van der Waals surface area contributed by atoms with E-state index in [1.165, 1.54) is 12.8 Å². The summed E-state index contributed by atoms with van der Waals surface area (Å²) in [5.74, 6) is -2.63. The van der Waals surface area contributed by atoms with Crippen LogP contribution in [0.2, 0.25) is 0 Å². The van der Waals surface area contributed by atoms with Crippen molar-refractivity contribution in [3.05, 3.63) is 0 Å². The van der Waals surface area contributed by atoms with Crippen molar-refractivity contribution >= 4 is 18.0 Å². The van der Waals surface area contributed by atoms with Gasteiger partial charge in [-0.2, -0.15) is 0 Å². The lowest BCUT2D eigenvalue weighted by Crippen LogP contribution is -2.47. The van der Waals surface area contributed by atoms with E-state index in [4.69, 9.17) is 10.2 Å². The maximum atomic E-state index is 11.4. The molecule has 0 aromatic carbocycles. The summed E-state index contributed by atoms with van der Waals surface area (Å²) in [6.45, 7) is 3.51. The minimum Gasteiger partial charge on any atom is -0.481 e. The van der Waals surface area contributed by atoms with Crippen molar-refractivity contribution in [2.75, 3.05) is 26.2 Å². The van der Waals surface area contributed by atoms with Crippen molar-refractivity contribution in [2.45, 2.75) is 31.7 Å². The molecule has 0 aromatic heterocycles. The van der Waals surface area contributed by atoms with E-state index in [-0.39, 0.29) is 0 Å². The number of carbonyl (C=O) groups is 3. The second kappa shape index (κ2) is 8.36. The third-order valence-corrected chi connectivity index (χ3v) is 3.12. The van der Waals surface area contributed by atoms with Crippen molar-refractivity contribution in [2.24, 2.45) is 0 Å². The second-order valence-corrected chi connectivity index (χ2v) is 4.79. The lowest BCUT2D eigenvalue weighted by Gasteiger charge is -2.15. The zero-order chi connectivity index (χ0) is 15.0. The number of nitrogens with one attached hydrogen (secondary N) is 2. The van der Waals surface area contributed by atoms with Gasteiger partial charge in [0.2, 0.25) is 0 Å². The molecule has 1 atom stereocenters. The molecule has 0 radical (unpaired) electrons. The molecular weight excluding hydrogens is 266 g/mol. The highest BCUT2D eigenvalue weighted by Crippen LogP contribution is 2.06. The molecule has 114 valence electrons. The van der Waals surface area contributed by atoms with Crippen LogP contribution in [0, 0.1) is 0 Å². The molecule has 2 amide bonds. The van der Waals surface area contributed by atoms with E-state index in [1.54, 1.807) is 0 Å². The van der Waals surface area contributed by atoms with Crippen LogP contribution in [0.1, 0.15) is 25.7 Å². The Kier molecular flexibility index (Phi) is 6.78. The topological polar surface area (TPSA) is 119 Å². The predicted molar refractivity (Wildman–Crippen MR) is 70.5 cm³/mol. The van der Waals surface area contributed by atoms with E-state index < -0.39 is 30.4 Å². The molecule has 20 heavy (non-hydrogen) atoms. The molecule has 4 N–H and O–H groups in total. The minimum absolute atomic E-state index is 0.432. The Bertz CT molecular complexity index is 355. The Morgan fingerprint density at radius 1 is 1.15 bits per heavy atom. The molecular formula is C12H21N3O5. The first-order valence-electron chi connectivity index (χ1n) is 6.70. The predicted octanol–water partition coefficient (Wildman–Crippen LogP) is -0.301. The van der Waals surface area contributed by atoms with Gasteiger partial charge in [-0.25, -0.2) is 9.59 Å². The third-order valence-electron chi connectivity index (χ3n) is 3.12. The first kappa shape index (κ1) is 16.2. The lowest BCUT2D eigenvalue weighted by atomic mass is 10.2. The van der Waals surface area contributed by atoms with Gasteiger partial charge in [-0.1, -0.05) is 0 Å². The summed E-state index contributed by atoms with van der Waals surface area (Å²) in [5.41, 5.74) is 0.